The molecule has 2 unspecified atom stereocenters. The molecule has 1 rings (SSSR count). The average Bonchev–Trinajstić information content (AvgIpc) is 2.45. The molecule has 0 aromatic heterocycles. The summed E-state index contributed by atoms with van der Waals surface area (Å²) in [5.41, 5.74) is 0. The molecule has 1 saturated heterocycles. The number of carbonyl (C=O) groups excluding carboxylic acids is 1. The van der Waals surface area contributed by atoms with Gasteiger partial charge in [0.15, 0.2) is 0 Å². The van der Waals surface area contributed by atoms with Gasteiger partial charge in [-0.15, -0.1) is 19.6 Å². The maximum absolute atomic E-state index is 11.6. The summed E-state index contributed by atoms with van der Waals surface area (Å²) < 4.78 is 0. The molecule has 1 fully saturated rings. The van der Waals surface area contributed by atoms with E-state index in [1.54, 1.807) is 17.1 Å². The second kappa shape index (κ2) is 3.95. The molecule has 68 valence electrons. The lowest BCUT2D eigenvalue weighted by Crippen LogP contribution is -2.32. The summed E-state index contributed by atoms with van der Waals surface area (Å²) in [6.07, 6.45) is 9.37. The SMILES string of the molecule is C#CCN1C(=O)C(C=C)CC1C=C. The summed E-state index contributed by atoms with van der Waals surface area (Å²) >= 11 is 0. The smallest absolute Gasteiger partial charge is 0.230 e. The first kappa shape index (κ1) is 9.60. The predicted molar refractivity (Wildman–Crippen MR) is 52.8 cm³/mol. The fourth-order valence-corrected chi connectivity index (χ4v) is 1.58. The van der Waals surface area contributed by atoms with Crippen molar-refractivity contribution in [3.63, 3.8) is 0 Å². The number of nitrogens with zero attached hydrogens (tertiary/aromatic N) is 1. The van der Waals surface area contributed by atoms with E-state index in [0.29, 0.717) is 6.54 Å². The highest BCUT2D eigenvalue weighted by molar-refractivity contribution is 5.83. The summed E-state index contributed by atoms with van der Waals surface area (Å²) in [5.74, 6) is 2.45. The zero-order chi connectivity index (χ0) is 9.84. The van der Waals surface area contributed by atoms with E-state index in [1.165, 1.54) is 0 Å². The van der Waals surface area contributed by atoms with Crippen LogP contribution in [0.15, 0.2) is 25.3 Å². The van der Waals surface area contributed by atoms with Gasteiger partial charge < -0.3 is 4.90 Å². The standard InChI is InChI=1S/C11H13NO/c1-4-7-12-10(6-3)8-9(5-2)11(12)13/h1,5-6,9-10H,2-3,7-8H2. The van der Waals surface area contributed by atoms with Crippen LogP contribution in [0.25, 0.3) is 0 Å². The van der Waals surface area contributed by atoms with Gasteiger partial charge in [0.25, 0.3) is 0 Å². The van der Waals surface area contributed by atoms with Crippen LogP contribution in [0, 0.1) is 18.3 Å². The number of hydrogen-bond acceptors (Lipinski definition) is 1. The van der Waals surface area contributed by atoms with Crippen LogP contribution in [0.5, 0.6) is 0 Å². The Morgan fingerprint density at radius 3 is 2.77 bits per heavy atom. The van der Waals surface area contributed by atoms with Gasteiger partial charge in [-0.1, -0.05) is 18.1 Å². The van der Waals surface area contributed by atoms with E-state index >= 15 is 0 Å². The molecule has 13 heavy (non-hydrogen) atoms. The normalized spacial score (nSPS) is 27.0. The number of hydrogen-bond donors (Lipinski definition) is 0. The molecule has 0 saturated carbocycles. The Kier molecular flexibility index (Phi) is 2.92. The van der Waals surface area contributed by atoms with Crippen LogP contribution in [0.4, 0.5) is 0 Å². The van der Waals surface area contributed by atoms with Crippen molar-refractivity contribution < 1.29 is 4.79 Å². The fourth-order valence-electron chi connectivity index (χ4n) is 1.58. The monoisotopic (exact) mass is 175 g/mol. The van der Waals surface area contributed by atoms with Gasteiger partial charge in [0.05, 0.1) is 18.5 Å². The van der Waals surface area contributed by atoms with Crippen LogP contribution >= 0.6 is 0 Å². The van der Waals surface area contributed by atoms with Gasteiger partial charge in [-0.2, -0.15) is 0 Å². The number of amides is 1. The Balaban J connectivity index is 2.80. The van der Waals surface area contributed by atoms with Crippen LogP contribution in [0.1, 0.15) is 6.42 Å². The third-order valence-electron chi connectivity index (χ3n) is 2.31. The first-order valence-electron chi connectivity index (χ1n) is 4.23. The lowest BCUT2D eigenvalue weighted by molar-refractivity contribution is -0.129. The van der Waals surface area contributed by atoms with Crippen molar-refractivity contribution in [3.05, 3.63) is 25.3 Å². The van der Waals surface area contributed by atoms with Crippen LogP contribution in [0.2, 0.25) is 0 Å². The van der Waals surface area contributed by atoms with E-state index in [2.05, 4.69) is 19.1 Å². The van der Waals surface area contributed by atoms with Crippen LogP contribution in [-0.4, -0.2) is 23.4 Å². The third-order valence-corrected chi connectivity index (χ3v) is 2.31. The maximum Gasteiger partial charge on any atom is 0.230 e. The molecule has 0 radical (unpaired) electrons. The molecule has 0 aromatic rings. The van der Waals surface area contributed by atoms with Crippen molar-refractivity contribution in [3.8, 4) is 12.3 Å². The van der Waals surface area contributed by atoms with E-state index < -0.39 is 0 Å². The minimum Gasteiger partial charge on any atom is -0.325 e. The van der Waals surface area contributed by atoms with Crippen LogP contribution in [-0.2, 0) is 4.79 Å². The summed E-state index contributed by atoms with van der Waals surface area (Å²) in [6.45, 7) is 7.67. The zero-order valence-electron chi connectivity index (χ0n) is 7.57. The lowest BCUT2D eigenvalue weighted by Gasteiger charge is -2.18. The largest absolute Gasteiger partial charge is 0.325 e. The summed E-state index contributed by atoms with van der Waals surface area (Å²) in [4.78, 5) is 13.3. The lowest BCUT2D eigenvalue weighted by atomic mass is 10.1. The third kappa shape index (κ3) is 1.65. The predicted octanol–water partition coefficient (Wildman–Crippen LogP) is 1.21. The molecule has 0 aliphatic carbocycles. The van der Waals surface area contributed by atoms with Crippen LogP contribution < -0.4 is 0 Å². The fraction of sp³-hybridized carbons (Fsp3) is 0.364. The summed E-state index contributed by atoms with van der Waals surface area (Å²) in [5, 5.41) is 0. The van der Waals surface area contributed by atoms with Gasteiger partial charge in [0.1, 0.15) is 0 Å². The Labute approximate surface area is 78.9 Å². The van der Waals surface area contributed by atoms with Crippen molar-refractivity contribution >= 4 is 5.91 Å². The molecular formula is C11H13NO. The van der Waals surface area contributed by atoms with E-state index in [4.69, 9.17) is 6.42 Å². The molecule has 0 spiro atoms. The first-order chi connectivity index (χ1) is 6.24. The molecule has 2 atom stereocenters. The number of terminal acetylenes is 1. The van der Waals surface area contributed by atoms with Gasteiger partial charge in [-0.3, -0.25) is 4.79 Å². The van der Waals surface area contributed by atoms with E-state index in [9.17, 15) is 4.79 Å². The minimum absolute atomic E-state index is 0.0675. The highest BCUT2D eigenvalue weighted by Crippen LogP contribution is 2.25. The quantitative estimate of drug-likeness (QED) is 0.466. The highest BCUT2D eigenvalue weighted by Gasteiger charge is 2.35. The number of likely N-dealkylation sites (tertiary alicyclic amines) is 1. The van der Waals surface area contributed by atoms with Crippen LogP contribution in [0.3, 0.4) is 0 Å². The van der Waals surface area contributed by atoms with Gasteiger partial charge in [0, 0.05) is 0 Å². The molecule has 1 heterocycles. The molecule has 1 aliphatic heterocycles. The van der Waals surface area contributed by atoms with Crippen molar-refractivity contribution in [2.45, 2.75) is 12.5 Å². The second-order valence-corrected chi connectivity index (χ2v) is 3.05. The summed E-state index contributed by atoms with van der Waals surface area (Å²) in [6, 6.07) is 0.0755. The Morgan fingerprint density at radius 2 is 2.31 bits per heavy atom. The molecule has 2 nitrogen and oxygen atoms in total. The molecular weight excluding hydrogens is 162 g/mol. The molecule has 1 aliphatic rings. The van der Waals surface area contributed by atoms with Crippen molar-refractivity contribution in [2.24, 2.45) is 5.92 Å². The first-order valence-corrected chi connectivity index (χ1v) is 4.23. The van der Waals surface area contributed by atoms with Crippen molar-refractivity contribution in [2.75, 3.05) is 6.54 Å². The molecule has 0 aromatic carbocycles. The van der Waals surface area contributed by atoms with E-state index in [1.807, 2.05) is 0 Å². The zero-order valence-corrected chi connectivity index (χ0v) is 7.57. The van der Waals surface area contributed by atoms with Gasteiger partial charge in [-0.25, -0.2) is 0 Å². The van der Waals surface area contributed by atoms with Gasteiger partial charge in [0.2, 0.25) is 5.91 Å². The topological polar surface area (TPSA) is 20.3 Å². The molecule has 1 amide bonds. The number of carbonyl (C=O) groups is 1. The number of rotatable bonds is 3. The van der Waals surface area contributed by atoms with Crippen molar-refractivity contribution in [1.29, 1.82) is 0 Å². The summed E-state index contributed by atoms with van der Waals surface area (Å²) in [7, 11) is 0. The minimum atomic E-state index is -0.0867. The molecule has 2 heteroatoms. The average molecular weight is 175 g/mol. The Bertz CT molecular complexity index is 274. The van der Waals surface area contributed by atoms with E-state index in [-0.39, 0.29) is 17.9 Å². The molecule has 0 N–H and O–H groups in total. The molecule has 0 bridgehead atoms. The Hall–Kier alpha value is -1.49. The highest BCUT2D eigenvalue weighted by atomic mass is 16.2. The maximum atomic E-state index is 11.6. The van der Waals surface area contributed by atoms with Gasteiger partial charge >= 0.3 is 0 Å². The second-order valence-electron chi connectivity index (χ2n) is 3.05. The van der Waals surface area contributed by atoms with Gasteiger partial charge in [-0.05, 0) is 6.42 Å². The van der Waals surface area contributed by atoms with Crippen molar-refractivity contribution in [1.82, 2.24) is 4.90 Å². The van der Waals surface area contributed by atoms with E-state index in [0.717, 1.165) is 6.42 Å². The Morgan fingerprint density at radius 1 is 1.62 bits per heavy atom.